The number of aromatic nitrogens is 2. The first-order valence-corrected chi connectivity index (χ1v) is 7.14. The van der Waals surface area contributed by atoms with Gasteiger partial charge in [-0.05, 0) is 30.5 Å². The summed E-state index contributed by atoms with van der Waals surface area (Å²) in [7, 11) is 0. The summed E-state index contributed by atoms with van der Waals surface area (Å²) in [6.07, 6.45) is -3.78. The van der Waals surface area contributed by atoms with Gasteiger partial charge in [-0.15, -0.1) is 10.2 Å². The summed E-state index contributed by atoms with van der Waals surface area (Å²) >= 11 is 0. The number of aryl methyl sites for hydroxylation is 1. The number of benzene rings is 1. The van der Waals surface area contributed by atoms with E-state index in [2.05, 4.69) is 10.2 Å². The van der Waals surface area contributed by atoms with E-state index >= 15 is 0 Å². The molecule has 8 heteroatoms. The normalized spacial score (nSPS) is 14.7. The van der Waals surface area contributed by atoms with E-state index in [1.807, 2.05) is 0 Å². The summed E-state index contributed by atoms with van der Waals surface area (Å²) in [4.78, 5) is 13.8. The van der Waals surface area contributed by atoms with Gasteiger partial charge >= 0.3 is 6.18 Å². The van der Waals surface area contributed by atoms with E-state index < -0.39 is 11.7 Å². The maximum atomic E-state index is 13.1. The highest BCUT2D eigenvalue weighted by atomic mass is 19.4. The van der Waals surface area contributed by atoms with Crippen LogP contribution in [-0.4, -0.2) is 22.6 Å². The van der Waals surface area contributed by atoms with Crippen molar-refractivity contribution in [2.45, 2.75) is 32.4 Å². The van der Waals surface area contributed by atoms with Crippen LogP contribution in [0.25, 0.3) is 0 Å². The van der Waals surface area contributed by atoms with Gasteiger partial charge in [0.05, 0.1) is 5.56 Å². The second-order valence-corrected chi connectivity index (χ2v) is 5.34. The zero-order valence-corrected chi connectivity index (χ0v) is 12.4. The zero-order valence-electron chi connectivity index (χ0n) is 12.4. The number of amides is 1. The van der Waals surface area contributed by atoms with Crippen LogP contribution in [0, 0.1) is 6.92 Å². The van der Waals surface area contributed by atoms with Gasteiger partial charge in [0, 0.05) is 19.2 Å². The average molecular weight is 325 g/mol. The summed E-state index contributed by atoms with van der Waals surface area (Å²) in [6.45, 7) is 1.98. The second-order valence-electron chi connectivity index (χ2n) is 5.34. The van der Waals surface area contributed by atoms with Gasteiger partial charge in [-0.2, -0.15) is 13.2 Å². The molecule has 0 fully saturated rings. The first kappa shape index (κ1) is 15.5. The third-order valence-corrected chi connectivity index (χ3v) is 3.73. The molecule has 23 heavy (non-hydrogen) atoms. The van der Waals surface area contributed by atoms with Crippen molar-refractivity contribution in [1.82, 2.24) is 10.2 Å². The summed E-state index contributed by atoms with van der Waals surface area (Å²) in [5.41, 5.74) is -0.199. The molecular formula is C15H14F3N3O2. The first-order valence-electron chi connectivity index (χ1n) is 7.14. The van der Waals surface area contributed by atoms with Crippen molar-refractivity contribution in [3.8, 4) is 0 Å². The molecule has 0 saturated heterocycles. The van der Waals surface area contributed by atoms with E-state index in [-0.39, 0.29) is 23.8 Å². The van der Waals surface area contributed by atoms with Gasteiger partial charge < -0.3 is 9.32 Å². The Balaban J connectivity index is 1.91. The summed E-state index contributed by atoms with van der Waals surface area (Å²) < 4.78 is 44.5. The number of fused-ring (bicyclic) bond motifs is 1. The van der Waals surface area contributed by atoms with Crippen molar-refractivity contribution in [1.29, 1.82) is 0 Å². The van der Waals surface area contributed by atoms with Crippen LogP contribution in [0.3, 0.4) is 0 Å². The SMILES string of the molecule is Cc1nnc(CC(=O)N2CCCc3c2cccc3C(F)(F)F)o1. The zero-order chi connectivity index (χ0) is 16.6. The van der Waals surface area contributed by atoms with Crippen molar-refractivity contribution >= 4 is 11.6 Å². The molecule has 1 aromatic heterocycles. The molecule has 0 radical (unpaired) electrons. The fourth-order valence-corrected chi connectivity index (χ4v) is 2.78. The van der Waals surface area contributed by atoms with Crippen LogP contribution in [-0.2, 0) is 23.8 Å². The minimum atomic E-state index is -4.43. The van der Waals surface area contributed by atoms with Crippen LogP contribution < -0.4 is 4.90 Å². The van der Waals surface area contributed by atoms with E-state index in [1.54, 1.807) is 13.0 Å². The second kappa shape index (κ2) is 5.68. The molecule has 0 bridgehead atoms. The lowest BCUT2D eigenvalue weighted by atomic mass is 9.95. The summed E-state index contributed by atoms with van der Waals surface area (Å²) in [5.74, 6) is 0.145. The van der Waals surface area contributed by atoms with Crippen LogP contribution >= 0.6 is 0 Å². The molecule has 1 aliphatic heterocycles. The Morgan fingerprint density at radius 3 is 2.78 bits per heavy atom. The van der Waals surface area contributed by atoms with Gasteiger partial charge in [0.25, 0.3) is 0 Å². The molecule has 122 valence electrons. The van der Waals surface area contributed by atoms with Crippen LogP contribution in [0.4, 0.5) is 18.9 Å². The molecular weight excluding hydrogens is 311 g/mol. The molecule has 2 heterocycles. The Hall–Kier alpha value is -2.38. The van der Waals surface area contributed by atoms with Gasteiger partial charge in [0.15, 0.2) is 0 Å². The van der Waals surface area contributed by atoms with Crippen LogP contribution in [0.2, 0.25) is 0 Å². The number of anilines is 1. The molecule has 0 N–H and O–H groups in total. The highest BCUT2D eigenvalue weighted by Gasteiger charge is 2.36. The molecule has 3 rings (SSSR count). The van der Waals surface area contributed by atoms with Crippen LogP contribution in [0.15, 0.2) is 22.6 Å². The van der Waals surface area contributed by atoms with E-state index in [0.29, 0.717) is 31.0 Å². The highest BCUT2D eigenvalue weighted by molar-refractivity contribution is 5.95. The van der Waals surface area contributed by atoms with Crippen molar-refractivity contribution in [2.24, 2.45) is 0 Å². The lowest BCUT2D eigenvalue weighted by Crippen LogP contribution is -2.37. The average Bonchev–Trinajstić information content (AvgIpc) is 2.90. The summed E-state index contributed by atoms with van der Waals surface area (Å²) in [6, 6.07) is 3.92. The standard InChI is InChI=1S/C15H14F3N3O2/c1-9-19-20-13(23-9)8-14(22)21-7-3-4-10-11(15(16,17)18)5-2-6-12(10)21/h2,5-6H,3-4,7-8H2,1H3. The number of carbonyl (C=O) groups is 1. The minimum Gasteiger partial charge on any atom is -0.425 e. The van der Waals surface area contributed by atoms with Gasteiger partial charge in [-0.3, -0.25) is 4.79 Å². The van der Waals surface area contributed by atoms with Gasteiger partial charge in [-0.25, -0.2) is 0 Å². The number of hydrogen-bond donors (Lipinski definition) is 0. The third kappa shape index (κ3) is 3.06. The summed E-state index contributed by atoms with van der Waals surface area (Å²) in [5, 5.41) is 7.39. The van der Waals surface area contributed by atoms with Gasteiger partial charge in [0.1, 0.15) is 6.42 Å². The number of nitrogens with zero attached hydrogens (tertiary/aromatic N) is 3. The van der Waals surface area contributed by atoms with E-state index in [4.69, 9.17) is 4.42 Å². The Bertz CT molecular complexity index is 740. The lowest BCUT2D eigenvalue weighted by molar-refractivity contribution is -0.138. The number of carbonyl (C=O) groups excluding carboxylic acids is 1. The van der Waals surface area contributed by atoms with E-state index in [9.17, 15) is 18.0 Å². The predicted octanol–water partition coefficient (Wildman–Crippen LogP) is 2.92. The topological polar surface area (TPSA) is 59.2 Å². The molecule has 2 aromatic rings. The van der Waals surface area contributed by atoms with Crippen molar-refractivity contribution in [2.75, 3.05) is 11.4 Å². The Morgan fingerprint density at radius 1 is 1.35 bits per heavy atom. The van der Waals surface area contributed by atoms with Crippen molar-refractivity contribution < 1.29 is 22.4 Å². The molecule has 0 atom stereocenters. The largest absolute Gasteiger partial charge is 0.425 e. The van der Waals surface area contributed by atoms with E-state index in [0.717, 1.165) is 6.07 Å². The van der Waals surface area contributed by atoms with Gasteiger partial charge in [0.2, 0.25) is 17.7 Å². The minimum absolute atomic E-state index is 0.128. The number of halogens is 3. The van der Waals surface area contributed by atoms with Crippen LogP contribution in [0.1, 0.15) is 29.3 Å². The monoisotopic (exact) mass is 325 g/mol. The van der Waals surface area contributed by atoms with Crippen LogP contribution in [0.5, 0.6) is 0 Å². The first-order chi connectivity index (χ1) is 10.9. The van der Waals surface area contributed by atoms with Crippen molar-refractivity contribution in [3.63, 3.8) is 0 Å². The smallest absolute Gasteiger partial charge is 0.416 e. The quantitative estimate of drug-likeness (QED) is 0.852. The van der Waals surface area contributed by atoms with Crippen molar-refractivity contribution in [3.05, 3.63) is 41.1 Å². The maximum Gasteiger partial charge on any atom is 0.416 e. The molecule has 1 amide bonds. The maximum absolute atomic E-state index is 13.1. The highest BCUT2D eigenvalue weighted by Crippen LogP contribution is 2.39. The Morgan fingerprint density at radius 2 is 2.13 bits per heavy atom. The number of alkyl halides is 3. The molecule has 0 unspecified atom stereocenters. The number of hydrogen-bond acceptors (Lipinski definition) is 4. The third-order valence-electron chi connectivity index (χ3n) is 3.73. The predicted molar refractivity (Wildman–Crippen MR) is 74.9 cm³/mol. The molecule has 0 saturated carbocycles. The molecule has 1 aromatic carbocycles. The molecule has 5 nitrogen and oxygen atoms in total. The van der Waals surface area contributed by atoms with E-state index in [1.165, 1.54) is 11.0 Å². The Kier molecular flexibility index (Phi) is 3.83. The Labute approximate surface area is 130 Å². The molecule has 1 aliphatic rings. The van der Waals surface area contributed by atoms with Gasteiger partial charge in [-0.1, -0.05) is 6.07 Å². The fourth-order valence-electron chi connectivity index (χ4n) is 2.78. The fraction of sp³-hybridized carbons (Fsp3) is 0.400. The molecule has 0 spiro atoms. The number of rotatable bonds is 2. The lowest BCUT2D eigenvalue weighted by Gasteiger charge is -2.31. The molecule has 0 aliphatic carbocycles.